The Kier molecular flexibility index (Phi) is 5.40. The number of hydrogen-bond acceptors (Lipinski definition) is 3. The van der Waals surface area contributed by atoms with E-state index in [0.29, 0.717) is 5.92 Å². The van der Waals surface area contributed by atoms with Crippen LogP contribution >= 0.6 is 0 Å². The van der Waals surface area contributed by atoms with Crippen molar-refractivity contribution < 1.29 is 9.53 Å². The van der Waals surface area contributed by atoms with Crippen LogP contribution in [0.5, 0.6) is 0 Å². The van der Waals surface area contributed by atoms with Crippen molar-refractivity contribution >= 4 is 5.91 Å². The molecule has 1 saturated heterocycles. The van der Waals surface area contributed by atoms with Crippen LogP contribution in [0.3, 0.4) is 0 Å². The van der Waals surface area contributed by atoms with Crippen LogP contribution in [0.4, 0.5) is 0 Å². The number of ether oxygens (including phenoxy) is 1. The third kappa shape index (κ3) is 4.28. The summed E-state index contributed by atoms with van der Waals surface area (Å²) in [6.45, 7) is 8.95. The molecular formula is C13H26N2O2. The van der Waals surface area contributed by atoms with Crippen molar-refractivity contribution in [3.63, 3.8) is 0 Å². The van der Waals surface area contributed by atoms with E-state index < -0.39 is 6.04 Å². The van der Waals surface area contributed by atoms with Crippen molar-refractivity contribution in [2.75, 3.05) is 6.61 Å². The summed E-state index contributed by atoms with van der Waals surface area (Å²) in [4.78, 5) is 11.9. The Morgan fingerprint density at radius 1 is 1.35 bits per heavy atom. The molecule has 0 aromatic heterocycles. The topological polar surface area (TPSA) is 64.4 Å². The van der Waals surface area contributed by atoms with Gasteiger partial charge in [-0.2, -0.15) is 0 Å². The Morgan fingerprint density at radius 3 is 2.53 bits per heavy atom. The minimum atomic E-state index is -0.407. The van der Waals surface area contributed by atoms with E-state index in [1.54, 1.807) is 0 Å². The van der Waals surface area contributed by atoms with Crippen LogP contribution in [0.15, 0.2) is 0 Å². The first-order valence-corrected chi connectivity index (χ1v) is 6.59. The van der Waals surface area contributed by atoms with E-state index in [0.717, 1.165) is 19.4 Å². The lowest BCUT2D eigenvalue weighted by atomic mass is 9.94. The molecular weight excluding hydrogens is 216 g/mol. The first-order chi connectivity index (χ1) is 7.91. The number of nitrogens with one attached hydrogen (secondary N) is 1. The Hall–Kier alpha value is -0.610. The van der Waals surface area contributed by atoms with Crippen LogP contribution in [0.2, 0.25) is 0 Å². The lowest BCUT2D eigenvalue weighted by Gasteiger charge is -2.33. The summed E-state index contributed by atoms with van der Waals surface area (Å²) in [5.74, 6) is 0.638. The first-order valence-electron chi connectivity index (χ1n) is 6.59. The van der Waals surface area contributed by atoms with E-state index in [4.69, 9.17) is 10.5 Å². The fourth-order valence-corrected chi connectivity index (χ4v) is 2.02. The van der Waals surface area contributed by atoms with Gasteiger partial charge in [-0.25, -0.2) is 0 Å². The van der Waals surface area contributed by atoms with Crippen LogP contribution in [0.1, 0.15) is 40.5 Å². The van der Waals surface area contributed by atoms with Crippen LogP contribution in [-0.2, 0) is 9.53 Å². The summed E-state index contributed by atoms with van der Waals surface area (Å²) in [6.07, 6.45) is 2.04. The van der Waals surface area contributed by atoms with Crippen molar-refractivity contribution in [3.05, 3.63) is 0 Å². The number of nitrogens with two attached hydrogens (primary N) is 1. The molecule has 0 saturated carbocycles. The van der Waals surface area contributed by atoms with Crippen LogP contribution in [0.25, 0.3) is 0 Å². The smallest absolute Gasteiger partial charge is 0.237 e. The highest BCUT2D eigenvalue weighted by molar-refractivity contribution is 5.82. The van der Waals surface area contributed by atoms with Crippen molar-refractivity contribution in [1.82, 2.24) is 5.32 Å². The first kappa shape index (κ1) is 14.5. The molecule has 0 aromatic carbocycles. The van der Waals surface area contributed by atoms with E-state index in [2.05, 4.69) is 19.2 Å². The summed E-state index contributed by atoms with van der Waals surface area (Å²) < 4.78 is 5.68. The lowest BCUT2D eigenvalue weighted by molar-refractivity contribution is -0.125. The van der Waals surface area contributed by atoms with Gasteiger partial charge in [0.2, 0.25) is 5.91 Å². The summed E-state index contributed by atoms with van der Waals surface area (Å²) in [6, 6.07) is -0.191. The SMILES string of the molecule is CC(C)C1CC(NC(=O)[C@@H](N)C(C)C)CCO1. The molecule has 1 amide bonds. The molecule has 4 nitrogen and oxygen atoms in total. The number of carbonyl (C=O) groups excluding carboxylic acids is 1. The Balaban J connectivity index is 2.43. The van der Waals surface area contributed by atoms with Crippen LogP contribution < -0.4 is 11.1 Å². The van der Waals surface area contributed by atoms with Crippen molar-refractivity contribution in [2.45, 2.75) is 58.7 Å². The third-order valence-electron chi connectivity index (χ3n) is 3.43. The second kappa shape index (κ2) is 6.36. The molecule has 3 N–H and O–H groups in total. The zero-order valence-electron chi connectivity index (χ0n) is 11.4. The van der Waals surface area contributed by atoms with Gasteiger partial charge in [0.1, 0.15) is 0 Å². The van der Waals surface area contributed by atoms with Gasteiger partial charge in [-0.05, 0) is 24.7 Å². The minimum Gasteiger partial charge on any atom is -0.378 e. The second-order valence-corrected chi connectivity index (χ2v) is 5.65. The number of amides is 1. The second-order valence-electron chi connectivity index (χ2n) is 5.65. The largest absolute Gasteiger partial charge is 0.378 e. The number of carbonyl (C=O) groups is 1. The molecule has 1 heterocycles. The van der Waals surface area contributed by atoms with Crippen LogP contribution in [0, 0.1) is 11.8 Å². The normalized spacial score (nSPS) is 27.2. The Bertz CT molecular complexity index is 254. The molecule has 0 bridgehead atoms. The van der Waals surface area contributed by atoms with Gasteiger partial charge in [0, 0.05) is 12.6 Å². The molecule has 1 aliphatic rings. The van der Waals surface area contributed by atoms with Gasteiger partial charge in [0.15, 0.2) is 0 Å². The van der Waals surface area contributed by atoms with Gasteiger partial charge in [-0.3, -0.25) is 4.79 Å². The highest BCUT2D eigenvalue weighted by atomic mass is 16.5. The average molecular weight is 242 g/mol. The lowest BCUT2D eigenvalue weighted by Crippen LogP contribution is -2.50. The van der Waals surface area contributed by atoms with Crippen molar-refractivity contribution in [3.8, 4) is 0 Å². The number of hydrogen-bond donors (Lipinski definition) is 2. The van der Waals surface area contributed by atoms with E-state index in [1.807, 2.05) is 13.8 Å². The predicted molar refractivity (Wildman–Crippen MR) is 68.6 cm³/mol. The fraction of sp³-hybridized carbons (Fsp3) is 0.923. The molecule has 1 fully saturated rings. The predicted octanol–water partition coefficient (Wildman–Crippen LogP) is 1.29. The monoisotopic (exact) mass is 242 g/mol. The summed E-state index contributed by atoms with van der Waals surface area (Å²) in [5.41, 5.74) is 5.83. The van der Waals surface area contributed by atoms with Crippen molar-refractivity contribution in [2.24, 2.45) is 17.6 Å². The summed E-state index contributed by atoms with van der Waals surface area (Å²) >= 11 is 0. The van der Waals surface area contributed by atoms with Gasteiger partial charge in [-0.1, -0.05) is 27.7 Å². The van der Waals surface area contributed by atoms with Crippen molar-refractivity contribution in [1.29, 1.82) is 0 Å². The Morgan fingerprint density at radius 2 is 2.00 bits per heavy atom. The van der Waals surface area contributed by atoms with E-state index in [-0.39, 0.29) is 24.0 Å². The number of rotatable bonds is 4. The molecule has 0 spiro atoms. The molecule has 1 rings (SSSR count). The molecule has 2 unspecified atom stereocenters. The van der Waals surface area contributed by atoms with E-state index in [1.165, 1.54) is 0 Å². The maximum Gasteiger partial charge on any atom is 0.237 e. The van der Waals surface area contributed by atoms with Gasteiger partial charge in [0.25, 0.3) is 0 Å². The van der Waals surface area contributed by atoms with Gasteiger partial charge < -0.3 is 15.8 Å². The zero-order chi connectivity index (χ0) is 13.0. The molecule has 0 aliphatic carbocycles. The van der Waals surface area contributed by atoms with E-state index >= 15 is 0 Å². The molecule has 4 heteroatoms. The maximum atomic E-state index is 11.9. The van der Waals surface area contributed by atoms with E-state index in [9.17, 15) is 4.79 Å². The third-order valence-corrected chi connectivity index (χ3v) is 3.43. The highest BCUT2D eigenvalue weighted by Gasteiger charge is 2.27. The standard InChI is InChI=1S/C13H26N2O2/c1-8(2)11-7-10(5-6-17-11)15-13(16)12(14)9(3)4/h8-12H,5-7,14H2,1-4H3,(H,15,16)/t10?,11?,12-/m0/s1. The minimum absolute atomic E-state index is 0.0330. The van der Waals surface area contributed by atoms with Gasteiger partial charge >= 0.3 is 0 Å². The van der Waals surface area contributed by atoms with Gasteiger partial charge in [-0.15, -0.1) is 0 Å². The Labute approximate surface area is 104 Å². The quantitative estimate of drug-likeness (QED) is 0.781. The highest BCUT2D eigenvalue weighted by Crippen LogP contribution is 2.20. The maximum absolute atomic E-state index is 11.9. The fourth-order valence-electron chi connectivity index (χ4n) is 2.02. The summed E-state index contributed by atoms with van der Waals surface area (Å²) in [5, 5.41) is 3.04. The molecule has 3 atom stereocenters. The molecule has 100 valence electrons. The molecule has 0 radical (unpaired) electrons. The molecule has 17 heavy (non-hydrogen) atoms. The molecule has 1 aliphatic heterocycles. The zero-order valence-corrected chi connectivity index (χ0v) is 11.4. The summed E-state index contributed by atoms with van der Waals surface area (Å²) in [7, 11) is 0. The van der Waals surface area contributed by atoms with Gasteiger partial charge in [0.05, 0.1) is 12.1 Å². The average Bonchev–Trinajstić information content (AvgIpc) is 2.28. The van der Waals surface area contributed by atoms with Crippen LogP contribution in [-0.4, -0.2) is 30.7 Å². The molecule has 0 aromatic rings.